The average molecular weight is 294 g/mol. The largest absolute Gasteiger partial charge is 0.350 e. The highest BCUT2D eigenvalue weighted by Crippen LogP contribution is 2.21. The molecule has 0 aliphatic heterocycles. The number of hydrogen-bond donors (Lipinski definition) is 2. The second kappa shape index (κ2) is 8.78. The van der Waals surface area contributed by atoms with E-state index in [2.05, 4.69) is 19.2 Å². The Labute approximate surface area is 127 Å². The van der Waals surface area contributed by atoms with E-state index < -0.39 is 0 Å². The van der Waals surface area contributed by atoms with E-state index in [0.717, 1.165) is 18.4 Å². The van der Waals surface area contributed by atoms with E-state index in [-0.39, 0.29) is 17.8 Å². The van der Waals surface area contributed by atoms with Crippen molar-refractivity contribution in [3.8, 4) is 0 Å². The van der Waals surface area contributed by atoms with Gasteiger partial charge in [-0.2, -0.15) is 0 Å². The molecule has 118 valence electrons. The van der Waals surface area contributed by atoms with Gasteiger partial charge >= 0.3 is 0 Å². The summed E-state index contributed by atoms with van der Waals surface area (Å²) in [5, 5.41) is 2.92. The van der Waals surface area contributed by atoms with Crippen LogP contribution in [0.2, 0.25) is 0 Å². The highest BCUT2D eigenvalue weighted by atomic mass is 19.1. The molecule has 0 spiro atoms. The fourth-order valence-electron chi connectivity index (χ4n) is 2.51. The fourth-order valence-corrected chi connectivity index (χ4v) is 2.51. The number of benzene rings is 1. The minimum atomic E-state index is -0.281. The van der Waals surface area contributed by atoms with Gasteiger partial charge in [-0.15, -0.1) is 0 Å². The monoisotopic (exact) mass is 294 g/mol. The molecule has 0 heterocycles. The van der Waals surface area contributed by atoms with Crippen molar-refractivity contribution in [1.29, 1.82) is 0 Å². The average Bonchev–Trinajstić information content (AvgIpc) is 2.43. The van der Waals surface area contributed by atoms with E-state index in [1.807, 2.05) is 13.0 Å². The Morgan fingerprint density at radius 2 is 2.00 bits per heavy atom. The van der Waals surface area contributed by atoms with Crippen LogP contribution in [0.5, 0.6) is 0 Å². The highest BCUT2D eigenvalue weighted by Gasteiger charge is 2.16. The minimum Gasteiger partial charge on any atom is -0.350 e. The van der Waals surface area contributed by atoms with Crippen LogP contribution in [0, 0.1) is 17.7 Å². The molecule has 0 aliphatic carbocycles. The number of halogens is 1. The molecule has 0 radical (unpaired) electrons. The number of nitrogens with one attached hydrogen (secondary N) is 1. The predicted molar refractivity (Wildman–Crippen MR) is 84.2 cm³/mol. The Kier molecular flexibility index (Phi) is 7.37. The van der Waals surface area contributed by atoms with Crippen LogP contribution in [0.25, 0.3) is 0 Å². The molecule has 1 unspecified atom stereocenters. The van der Waals surface area contributed by atoms with E-state index in [1.54, 1.807) is 6.07 Å². The Morgan fingerprint density at radius 1 is 1.29 bits per heavy atom. The number of nitrogens with two attached hydrogens (primary N) is 1. The van der Waals surface area contributed by atoms with Crippen molar-refractivity contribution in [1.82, 2.24) is 5.32 Å². The third-order valence-electron chi connectivity index (χ3n) is 3.95. The summed E-state index contributed by atoms with van der Waals surface area (Å²) in [6, 6.07) is 6.15. The molecular weight excluding hydrogens is 267 g/mol. The first kappa shape index (κ1) is 17.6. The number of rotatable bonds is 8. The number of hydrogen-bond acceptors (Lipinski definition) is 2. The first-order valence-electron chi connectivity index (χ1n) is 7.69. The Bertz CT molecular complexity index is 448. The lowest BCUT2D eigenvalue weighted by molar-refractivity contribution is -0.122. The molecule has 1 aromatic carbocycles. The predicted octanol–water partition coefficient (Wildman–Crippen LogP) is 3.40. The number of amides is 1. The van der Waals surface area contributed by atoms with E-state index in [1.165, 1.54) is 12.1 Å². The van der Waals surface area contributed by atoms with Gasteiger partial charge in [0.1, 0.15) is 5.82 Å². The molecule has 4 heteroatoms. The number of carbonyl (C=O) groups is 1. The minimum absolute atomic E-state index is 0.00873. The first-order chi connectivity index (χ1) is 9.93. The topological polar surface area (TPSA) is 55.1 Å². The first-order valence-corrected chi connectivity index (χ1v) is 7.69. The van der Waals surface area contributed by atoms with E-state index in [9.17, 15) is 9.18 Å². The second-order valence-electron chi connectivity index (χ2n) is 5.96. The Hall–Kier alpha value is -1.42. The summed E-state index contributed by atoms with van der Waals surface area (Å²) in [6.45, 7) is 6.85. The molecule has 0 aromatic heterocycles. The molecule has 0 fully saturated rings. The van der Waals surface area contributed by atoms with Gasteiger partial charge in [0.25, 0.3) is 0 Å². The highest BCUT2D eigenvalue weighted by molar-refractivity contribution is 5.76. The molecule has 1 rings (SSSR count). The van der Waals surface area contributed by atoms with E-state index >= 15 is 0 Å². The van der Waals surface area contributed by atoms with Crippen molar-refractivity contribution in [3.63, 3.8) is 0 Å². The van der Waals surface area contributed by atoms with Gasteiger partial charge in [0.05, 0.1) is 6.04 Å². The van der Waals surface area contributed by atoms with Crippen molar-refractivity contribution in [2.24, 2.45) is 17.6 Å². The van der Waals surface area contributed by atoms with Gasteiger partial charge in [0.15, 0.2) is 0 Å². The van der Waals surface area contributed by atoms with Crippen LogP contribution < -0.4 is 11.1 Å². The van der Waals surface area contributed by atoms with Gasteiger partial charge in [0, 0.05) is 6.42 Å². The lowest BCUT2D eigenvalue weighted by Crippen LogP contribution is -2.27. The van der Waals surface area contributed by atoms with Gasteiger partial charge in [-0.05, 0) is 55.8 Å². The zero-order valence-corrected chi connectivity index (χ0v) is 13.2. The Balaban J connectivity index is 2.46. The van der Waals surface area contributed by atoms with Crippen molar-refractivity contribution in [3.05, 3.63) is 35.6 Å². The molecule has 0 saturated carbocycles. The second-order valence-corrected chi connectivity index (χ2v) is 5.96. The van der Waals surface area contributed by atoms with Crippen LogP contribution in [0.3, 0.4) is 0 Å². The maximum absolute atomic E-state index is 13.2. The van der Waals surface area contributed by atoms with Crippen molar-refractivity contribution in [2.75, 3.05) is 6.54 Å². The zero-order valence-electron chi connectivity index (χ0n) is 13.2. The number of carbonyl (C=O) groups excluding carboxylic acids is 1. The van der Waals surface area contributed by atoms with Crippen molar-refractivity contribution in [2.45, 2.75) is 46.1 Å². The van der Waals surface area contributed by atoms with Crippen LogP contribution in [-0.2, 0) is 4.79 Å². The van der Waals surface area contributed by atoms with E-state index in [0.29, 0.717) is 24.8 Å². The lowest BCUT2D eigenvalue weighted by atomic mass is 9.88. The molecule has 0 saturated heterocycles. The molecule has 3 nitrogen and oxygen atoms in total. The van der Waals surface area contributed by atoms with Crippen LogP contribution in [-0.4, -0.2) is 12.5 Å². The van der Waals surface area contributed by atoms with Crippen LogP contribution in [0.1, 0.15) is 51.6 Å². The standard InChI is InChI=1S/C17H27FN2O/c1-12(2)14(9-10-19)7-8-17(21)20-13(3)15-5-4-6-16(18)11-15/h4-6,11-14H,7-10,19H2,1-3H3,(H,20,21)/t13-,14?/m1/s1. The summed E-state index contributed by atoms with van der Waals surface area (Å²) in [5.74, 6) is 0.734. The van der Waals surface area contributed by atoms with Crippen molar-refractivity contribution >= 4 is 5.91 Å². The summed E-state index contributed by atoms with van der Waals surface area (Å²) in [5.41, 5.74) is 6.39. The third-order valence-corrected chi connectivity index (χ3v) is 3.95. The molecule has 3 N–H and O–H groups in total. The molecule has 2 atom stereocenters. The molecule has 21 heavy (non-hydrogen) atoms. The van der Waals surface area contributed by atoms with Gasteiger partial charge in [-0.1, -0.05) is 26.0 Å². The third kappa shape index (κ3) is 6.25. The van der Waals surface area contributed by atoms with Crippen LogP contribution in [0.15, 0.2) is 24.3 Å². The molecule has 1 aromatic rings. The van der Waals surface area contributed by atoms with Gasteiger partial charge < -0.3 is 11.1 Å². The summed E-state index contributed by atoms with van der Waals surface area (Å²) < 4.78 is 13.2. The summed E-state index contributed by atoms with van der Waals surface area (Å²) in [7, 11) is 0. The van der Waals surface area contributed by atoms with Gasteiger partial charge in [-0.25, -0.2) is 4.39 Å². The molecule has 1 amide bonds. The van der Waals surface area contributed by atoms with Crippen LogP contribution >= 0.6 is 0 Å². The smallest absolute Gasteiger partial charge is 0.220 e. The van der Waals surface area contributed by atoms with Gasteiger partial charge in [0.2, 0.25) is 5.91 Å². The summed E-state index contributed by atoms with van der Waals surface area (Å²) in [6.07, 6.45) is 2.28. The summed E-state index contributed by atoms with van der Waals surface area (Å²) in [4.78, 5) is 12.0. The zero-order chi connectivity index (χ0) is 15.8. The fraction of sp³-hybridized carbons (Fsp3) is 0.588. The molecule has 0 aliphatic rings. The SMILES string of the molecule is CC(C)C(CCN)CCC(=O)N[C@H](C)c1cccc(F)c1. The van der Waals surface area contributed by atoms with Crippen LogP contribution in [0.4, 0.5) is 4.39 Å². The quantitative estimate of drug-likeness (QED) is 0.772. The lowest BCUT2D eigenvalue weighted by Gasteiger charge is -2.20. The maximum atomic E-state index is 13.2. The van der Waals surface area contributed by atoms with Gasteiger partial charge in [-0.3, -0.25) is 4.79 Å². The molecular formula is C17H27FN2O. The Morgan fingerprint density at radius 3 is 2.57 bits per heavy atom. The van der Waals surface area contributed by atoms with E-state index in [4.69, 9.17) is 5.73 Å². The molecule has 0 bridgehead atoms. The normalized spacial score (nSPS) is 14.0. The maximum Gasteiger partial charge on any atom is 0.220 e. The van der Waals surface area contributed by atoms with Crippen molar-refractivity contribution < 1.29 is 9.18 Å². The summed E-state index contributed by atoms with van der Waals surface area (Å²) >= 11 is 0.